The second kappa shape index (κ2) is 15.8. The number of carbonyl (C=O) groups excluding carboxylic acids is 1. The molecule has 24 heavy (non-hydrogen) atoms. The summed E-state index contributed by atoms with van der Waals surface area (Å²) in [5.74, 6) is 0.833. The lowest BCUT2D eigenvalue weighted by atomic mass is 10.2. The van der Waals surface area contributed by atoms with E-state index in [-0.39, 0.29) is 6.09 Å². The third-order valence-corrected chi connectivity index (χ3v) is 2.39. The molecule has 4 nitrogen and oxygen atoms in total. The Morgan fingerprint density at radius 3 is 1.83 bits per heavy atom. The molecule has 1 aliphatic rings. The highest BCUT2D eigenvalue weighted by atomic mass is 16.6. The normalized spacial score (nSPS) is 12.4. The Bertz CT molecular complexity index is 361. The minimum atomic E-state index is -0.445. The van der Waals surface area contributed by atoms with Crippen molar-refractivity contribution in [1.82, 2.24) is 10.2 Å². The highest BCUT2D eigenvalue weighted by Crippen LogP contribution is 2.12. The number of hydrogen-bond donors (Lipinski definition) is 1. The zero-order chi connectivity index (χ0) is 19.8. The van der Waals surface area contributed by atoms with E-state index in [2.05, 4.69) is 63.3 Å². The molecule has 1 rings (SSSR count). The molecule has 4 heteroatoms. The first kappa shape index (κ1) is 26.8. The quantitative estimate of drug-likeness (QED) is 0.782. The summed E-state index contributed by atoms with van der Waals surface area (Å²) >= 11 is 0. The van der Waals surface area contributed by atoms with Gasteiger partial charge in [0.15, 0.2) is 0 Å². The molecule has 138 valence electrons. The van der Waals surface area contributed by atoms with E-state index in [1.807, 2.05) is 20.8 Å². The summed E-state index contributed by atoms with van der Waals surface area (Å²) in [5.41, 5.74) is 0.516. The van der Waals surface area contributed by atoms with Gasteiger partial charge in [0.25, 0.3) is 0 Å². The number of carbonyl (C=O) groups is 1. The molecular formula is C20H36N2O2. The maximum absolute atomic E-state index is 11.4. The van der Waals surface area contributed by atoms with Crippen molar-refractivity contribution in [3.05, 3.63) is 12.3 Å². The summed E-state index contributed by atoms with van der Waals surface area (Å²) in [4.78, 5) is 13.6. The van der Waals surface area contributed by atoms with Crippen LogP contribution in [0.1, 0.15) is 54.4 Å². The molecule has 0 aliphatic carbocycles. The molecule has 1 fully saturated rings. The number of amides is 1. The van der Waals surface area contributed by atoms with Crippen molar-refractivity contribution in [2.75, 3.05) is 19.6 Å². The summed E-state index contributed by atoms with van der Waals surface area (Å²) in [6.07, 6.45) is 18.0. The molecule has 1 N–H and O–H groups in total. The first-order chi connectivity index (χ1) is 11.1. The molecule has 0 saturated carbocycles. The van der Waals surface area contributed by atoms with Crippen LogP contribution < -0.4 is 5.32 Å². The first-order valence-corrected chi connectivity index (χ1v) is 8.18. The Kier molecular flexibility index (Phi) is 17.7. The number of nitrogens with one attached hydrogen (secondary N) is 1. The number of hydrogen-bond acceptors (Lipinski definition) is 3. The van der Waals surface area contributed by atoms with E-state index in [9.17, 15) is 4.79 Å². The summed E-state index contributed by atoms with van der Waals surface area (Å²) in [6.45, 7) is 18.6. The molecule has 1 heterocycles. The Morgan fingerprint density at radius 2 is 1.50 bits per heavy atom. The third kappa shape index (κ3) is 19.9. The van der Waals surface area contributed by atoms with Gasteiger partial charge in [-0.2, -0.15) is 0 Å². The van der Waals surface area contributed by atoms with Crippen LogP contribution in [0.15, 0.2) is 12.3 Å². The minimum Gasteiger partial charge on any atom is -0.444 e. The summed E-state index contributed by atoms with van der Waals surface area (Å²) in [7, 11) is 0. The van der Waals surface area contributed by atoms with Gasteiger partial charge in [-0.05, 0) is 39.5 Å². The number of terminal acetylenes is 2. The standard InChI is InChI=1S/C12H22N2O2.C4H10.2C2H2/c1-10(14-7-5-6-8-14)9-13-11(15)16-12(2,3)4;1-4(2)3;2*1-2/h1,5-9H2,2-4H3,(H,13,15);4H,1-3H3;2*1-2H. The van der Waals surface area contributed by atoms with Crippen molar-refractivity contribution in [2.24, 2.45) is 5.92 Å². The molecule has 0 aromatic rings. The number of nitrogens with zero attached hydrogens (tertiary/aromatic N) is 1. The van der Waals surface area contributed by atoms with Gasteiger partial charge >= 0.3 is 6.09 Å². The van der Waals surface area contributed by atoms with Gasteiger partial charge in [-0.1, -0.05) is 27.4 Å². The van der Waals surface area contributed by atoms with E-state index in [4.69, 9.17) is 4.74 Å². The van der Waals surface area contributed by atoms with Crippen LogP contribution in [-0.4, -0.2) is 36.2 Å². The Morgan fingerprint density at radius 1 is 1.12 bits per heavy atom. The van der Waals surface area contributed by atoms with Crippen molar-refractivity contribution in [1.29, 1.82) is 0 Å². The maximum atomic E-state index is 11.4. The van der Waals surface area contributed by atoms with Crippen LogP contribution in [0.25, 0.3) is 0 Å². The molecule has 0 aromatic heterocycles. The topological polar surface area (TPSA) is 41.6 Å². The zero-order valence-corrected chi connectivity index (χ0v) is 16.4. The Balaban J connectivity index is -0.000000471. The minimum absolute atomic E-state index is 0.382. The van der Waals surface area contributed by atoms with E-state index >= 15 is 0 Å². The van der Waals surface area contributed by atoms with Gasteiger partial charge < -0.3 is 15.0 Å². The van der Waals surface area contributed by atoms with Crippen molar-refractivity contribution >= 4 is 6.09 Å². The van der Waals surface area contributed by atoms with Crippen LogP contribution in [0.4, 0.5) is 4.79 Å². The van der Waals surface area contributed by atoms with E-state index in [0.717, 1.165) is 24.7 Å². The Hall–Kier alpha value is -2.07. The lowest BCUT2D eigenvalue weighted by Crippen LogP contribution is -2.35. The van der Waals surface area contributed by atoms with Gasteiger partial charge in [0.05, 0.1) is 6.54 Å². The zero-order valence-electron chi connectivity index (χ0n) is 16.4. The van der Waals surface area contributed by atoms with Crippen molar-refractivity contribution < 1.29 is 9.53 Å². The monoisotopic (exact) mass is 336 g/mol. The van der Waals surface area contributed by atoms with Gasteiger partial charge in [-0.3, -0.25) is 0 Å². The average molecular weight is 337 g/mol. The van der Waals surface area contributed by atoms with Crippen molar-refractivity contribution in [2.45, 2.75) is 60.0 Å². The molecule has 0 aromatic carbocycles. The van der Waals surface area contributed by atoms with Gasteiger partial charge in [0.2, 0.25) is 0 Å². The van der Waals surface area contributed by atoms with Gasteiger partial charge in [0, 0.05) is 18.8 Å². The fourth-order valence-corrected chi connectivity index (χ4v) is 1.63. The van der Waals surface area contributed by atoms with Crippen LogP contribution in [0, 0.1) is 31.6 Å². The summed E-state index contributed by atoms with van der Waals surface area (Å²) in [5, 5.41) is 2.71. The maximum Gasteiger partial charge on any atom is 0.407 e. The fraction of sp³-hybridized carbons (Fsp3) is 0.650. The van der Waals surface area contributed by atoms with E-state index in [0.29, 0.717) is 6.54 Å². The van der Waals surface area contributed by atoms with Gasteiger partial charge in [-0.15, -0.1) is 25.7 Å². The predicted molar refractivity (Wildman–Crippen MR) is 104 cm³/mol. The summed E-state index contributed by atoms with van der Waals surface area (Å²) < 4.78 is 5.14. The second-order valence-corrected chi connectivity index (χ2v) is 6.85. The van der Waals surface area contributed by atoms with Crippen LogP contribution in [0.3, 0.4) is 0 Å². The molecule has 0 unspecified atom stereocenters. The van der Waals surface area contributed by atoms with E-state index in [1.54, 1.807) is 0 Å². The smallest absolute Gasteiger partial charge is 0.407 e. The molecule has 0 atom stereocenters. The average Bonchev–Trinajstić information content (AvgIpc) is 3.01. The first-order valence-electron chi connectivity index (χ1n) is 8.18. The molecule has 0 spiro atoms. The van der Waals surface area contributed by atoms with E-state index in [1.165, 1.54) is 12.8 Å². The van der Waals surface area contributed by atoms with Crippen LogP contribution in [0.5, 0.6) is 0 Å². The van der Waals surface area contributed by atoms with Gasteiger partial charge in [-0.25, -0.2) is 4.79 Å². The highest BCUT2D eigenvalue weighted by Gasteiger charge is 2.17. The molecule has 1 amide bonds. The number of ether oxygens (including phenoxy) is 1. The predicted octanol–water partition coefficient (Wildman–Crippen LogP) is 4.28. The van der Waals surface area contributed by atoms with Crippen LogP contribution in [-0.2, 0) is 4.74 Å². The fourth-order valence-electron chi connectivity index (χ4n) is 1.63. The SMILES string of the molecule is C#C.C#C.C=C(CNC(=O)OC(C)(C)C)N1CCCC1.CC(C)C. The van der Waals surface area contributed by atoms with Gasteiger partial charge in [0.1, 0.15) is 5.60 Å². The summed E-state index contributed by atoms with van der Waals surface area (Å²) in [6, 6.07) is 0. The van der Waals surface area contributed by atoms with Crippen molar-refractivity contribution in [3.8, 4) is 25.7 Å². The molecule has 0 bridgehead atoms. The lowest BCUT2D eigenvalue weighted by Gasteiger charge is -2.23. The van der Waals surface area contributed by atoms with Crippen molar-refractivity contribution in [3.63, 3.8) is 0 Å². The van der Waals surface area contributed by atoms with Crippen LogP contribution in [0.2, 0.25) is 0 Å². The second-order valence-electron chi connectivity index (χ2n) is 6.85. The Labute approximate surface area is 150 Å². The largest absolute Gasteiger partial charge is 0.444 e. The molecule has 1 aliphatic heterocycles. The number of likely N-dealkylation sites (tertiary alicyclic amines) is 1. The lowest BCUT2D eigenvalue weighted by molar-refractivity contribution is 0.0529. The molecular weight excluding hydrogens is 300 g/mol. The molecule has 0 radical (unpaired) electrons. The highest BCUT2D eigenvalue weighted by molar-refractivity contribution is 5.67. The number of rotatable bonds is 3. The third-order valence-electron chi connectivity index (χ3n) is 2.39. The van der Waals surface area contributed by atoms with Crippen LogP contribution >= 0.6 is 0 Å². The molecule has 1 saturated heterocycles. The van der Waals surface area contributed by atoms with E-state index < -0.39 is 5.60 Å². The number of alkyl carbamates (subject to hydrolysis) is 1.